The van der Waals surface area contributed by atoms with Gasteiger partial charge < -0.3 is 5.32 Å². The molecule has 18 heavy (non-hydrogen) atoms. The zero-order valence-corrected chi connectivity index (χ0v) is 10.4. The van der Waals surface area contributed by atoms with Gasteiger partial charge in [0.25, 0.3) is 0 Å². The van der Waals surface area contributed by atoms with E-state index < -0.39 is 0 Å². The molecule has 1 aliphatic rings. The molecule has 3 rings (SSSR count). The van der Waals surface area contributed by atoms with Crippen molar-refractivity contribution in [3.63, 3.8) is 0 Å². The van der Waals surface area contributed by atoms with E-state index in [0.717, 1.165) is 36.5 Å². The lowest BCUT2D eigenvalue weighted by Gasteiger charge is -2.26. The molecule has 0 bridgehead atoms. The summed E-state index contributed by atoms with van der Waals surface area (Å²) in [6.07, 6.45) is 1.75. The van der Waals surface area contributed by atoms with E-state index in [1.54, 1.807) is 6.07 Å². The first-order valence-corrected chi connectivity index (χ1v) is 6.36. The van der Waals surface area contributed by atoms with Crippen LogP contribution in [-0.4, -0.2) is 16.3 Å². The highest BCUT2D eigenvalue weighted by atomic mass is 19.1. The van der Waals surface area contributed by atoms with Crippen molar-refractivity contribution in [3.05, 3.63) is 47.4 Å². The number of halogens is 1. The topological polar surface area (TPSA) is 29.9 Å². The average Bonchev–Trinajstić information content (AvgIpc) is 2.82. The number of fused-ring (bicyclic) bond motifs is 1. The monoisotopic (exact) mass is 245 g/mol. The van der Waals surface area contributed by atoms with Crippen LogP contribution in [0, 0.1) is 5.82 Å². The first-order valence-electron chi connectivity index (χ1n) is 6.36. The van der Waals surface area contributed by atoms with Gasteiger partial charge in [-0.1, -0.05) is 25.1 Å². The molecule has 0 amide bonds. The Morgan fingerprint density at radius 1 is 1.44 bits per heavy atom. The molecule has 2 aromatic rings. The standard InChI is InChI=1S/C14H16FN3/c1-2-10-9-14-16-8-7-13(18(14)17-10)11-5-3-4-6-12(11)15/h3-6,9,13,16H,2,7-8H2,1H3. The van der Waals surface area contributed by atoms with Gasteiger partial charge in [0.15, 0.2) is 0 Å². The van der Waals surface area contributed by atoms with E-state index >= 15 is 0 Å². The van der Waals surface area contributed by atoms with Gasteiger partial charge in [0, 0.05) is 18.2 Å². The van der Waals surface area contributed by atoms with Crippen LogP contribution in [0.3, 0.4) is 0 Å². The highest BCUT2D eigenvalue weighted by Gasteiger charge is 2.24. The second-order valence-corrected chi connectivity index (χ2v) is 4.57. The third kappa shape index (κ3) is 1.78. The Balaban J connectivity index is 2.06. The summed E-state index contributed by atoms with van der Waals surface area (Å²) in [6.45, 7) is 2.93. The fraction of sp³-hybridized carbons (Fsp3) is 0.357. The summed E-state index contributed by atoms with van der Waals surface area (Å²) in [5, 5.41) is 7.87. The largest absolute Gasteiger partial charge is 0.370 e. The van der Waals surface area contributed by atoms with Gasteiger partial charge in [-0.05, 0) is 18.9 Å². The molecule has 4 heteroatoms. The Morgan fingerprint density at radius 3 is 3.06 bits per heavy atom. The molecule has 3 nitrogen and oxygen atoms in total. The maximum atomic E-state index is 13.9. The van der Waals surface area contributed by atoms with Crippen LogP contribution >= 0.6 is 0 Å². The van der Waals surface area contributed by atoms with Crippen molar-refractivity contribution in [1.29, 1.82) is 0 Å². The van der Waals surface area contributed by atoms with Gasteiger partial charge in [-0.3, -0.25) is 0 Å². The lowest BCUT2D eigenvalue weighted by Crippen LogP contribution is -2.25. The Morgan fingerprint density at radius 2 is 2.28 bits per heavy atom. The maximum Gasteiger partial charge on any atom is 0.128 e. The molecular formula is C14H16FN3. The number of nitrogens with one attached hydrogen (secondary N) is 1. The van der Waals surface area contributed by atoms with E-state index in [4.69, 9.17) is 0 Å². The first kappa shape index (κ1) is 11.3. The number of rotatable bonds is 2. The number of benzene rings is 1. The summed E-state index contributed by atoms with van der Waals surface area (Å²) in [5.41, 5.74) is 1.77. The van der Waals surface area contributed by atoms with Crippen LogP contribution in [-0.2, 0) is 6.42 Å². The van der Waals surface area contributed by atoms with Gasteiger partial charge >= 0.3 is 0 Å². The molecule has 1 N–H and O–H groups in total. The molecule has 0 aliphatic carbocycles. The molecule has 1 aromatic carbocycles. The molecule has 0 fully saturated rings. The third-order valence-electron chi connectivity index (χ3n) is 3.43. The first-order chi connectivity index (χ1) is 8.79. The average molecular weight is 245 g/mol. The van der Waals surface area contributed by atoms with Crippen molar-refractivity contribution in [2.45, 2.75) is 25.8 Å². The number of hydrogen-bond acceptors (Lipinski definition) is 2. The normalized spacial score (nSPS) is 18.2. The van der Waals surface area contributed by atoms with E-state index in [1.165, 1.54) is 6.07 Å². The predicted molar refractivity (Wildman–Crippen MR) is 69.3 cm³/mol. The zero-order chi connectivity index (χ0) is 12.5. The molecule has 0 saturated carbocycles. The lowest BCUT2D eigenvalue weighted by atomic mass is 10.0. The van der Waals surface area contributed by atoms with Gasteiger partial charge in [-0.15, -0.1) is 0 Å². The summed E-state index contributed by atoms with van der Waals surface area (Å²) in [5.74, 6) is 0.843. The Kier molecular flexibility index (Phi) is 2.78. The fourth-order valence-electron chi connectivity index (χ4n) is 2.48. The van der Waals surface area contributed by atoms with Crippen LogP contribution in [0.25, 0.3) is 0 Å². The van der Waals surface area contributed by atoms with Gasteiger partial charge in [-0.2, -0.15) is 5.10 Å². The van der Waals surface area contributed by atoms with Crippen molar-refractivity contribution in [2.24, 2.45) is 0 Å². The minimum Gasteiger partial charge on any atom is -0.370 e. The van der Waals surface area contributed by atoms with Crippen LogP contribution in [0.4, 0.5) is 10.2 Å². The minimum atomic E-state index is -0.149. The zero-order valence-electron chi connectivity index (χ0n) is 10.4. The molecule has 0 spiro atoms. The highest BCUT2D eigenvalue weighted by molar-refractivity contribution is 5.41. The molecule has 1 aromatic heterocycles. The minimum absolute atomic E-state index is 0.00255. The van der Waals surface area contributed by atoms with Crippen molar-refractivity contribution < 1.29 is 4.39 Å². The van der Waals surface area contributed by atoms with Crippen molar-refractivity contribution in [1.82, 2.24) is 9.78 Å². The van der Waals surface area contributed by atoms with E-state index in [-0.39, 0.29) is 11.9 Å². The van der Waals surface area contributed by atoms with Crippen LogP contribution in [0.2, 0.25) is 0 Å². The summed E-state index contributed by atoms with van der Waals surface area (Å²) in [4.78, 5) is 0. The third-order valence-corrected chi connectivity index (χ3v) is 3.43. The molecule has 2 heterocycles. The molecule has 1 aliphatic heterocycles. The fourth-order valence-corrected chi connectivity index (χ4v) is 2.48. The van der Waals surface area contributed by atoms with Crippen LogP contribution in [0.15, 0.2) is 30.3 Å². The summed E-state index contributed by atoms with van der Waals surface area (Å²) >= 11 is 0. The number of aromatic nitrogens is 2. The number of anilines is 1. The van der Waals surface area contributed by atoms with E-state index in [9.17, 15) is 4.39 Å². The molecule has 0 saturated heterocycles. The lowest BCUT2D eigenvalue weighted by molar-refractivity contribution is 0.456. The maximum absolute atomic E-state index is 13.9. The van der Waals surface area contributed by atoms with Crippen molar-refractivity contribution >= 4 is 5.82 Å². The molecule has 1 unspecified atom stereocenters. The van der Waals surface area contributed by atoms with Crippen LogP contribution in [0.1, 0.15) is 30.6 Å². The molecular weight excluding hydrogens is 229 g/mol. The second-order valence-electron chi connectivity index (χ2n) is 4.57. The van der Waals surface area contributed by atoms with Gasteiger partial charge in [-0.25, -0.2) is 9.07 Å². The van der Waals surface area contributed by atoms with E-state index in [0.29, 0.717) is 0 Å². The Labute approximate surface area is 106 Å². The smallest absolute Gasteiger partial charge is 0.128 e. The van der Waals surface area contributed by atoms with Crippen molar-refractivity contribution in [3.8, 4) is 0 Å². The molecule has 94 valence electrons. The van der Waals surface area contributed by atoms with E-state index in [1.807, 2.05) is 22.9 Å². The quantitative estimate of drug-likeness (QED) is 0.881. The summed E-state index contributed by atoms with van der Waals surface area (Å²) < 4.78 is 15.8. The van der Waals surface area contributed by atoms with Crippen LogP contribution in [0.5, 0.6) is 0 Å². The number of hydrogen-bond donors (Lipinski definition) is 1. The van der Waals surface area contributed by atoms with Crippen molar-refractivity contribution in [2.75, 3.05) is 11.9 Å². The van der Waals surface area contributed by atoms with Gasteiger partial charge in [0.2, 0.25) is 0 Å². The Hall–Kier alpha value is -1.84. The highest BCUT2D eigenvalue weighted by Crippen LogP contribution is 2.31. The summed E-state index contributed by atoms with van der Waals surface area (Å²) in [7, 11) is 0. The second kappa shape index (κ2) is 4.44. The van der Waals surface area contributed by atoms with Crippen LogP contribution < -0.4 is 5.32 Å². The SMILES string of the molecule is CCc1cc2n(n1)C(c1ccccc1F)CCN2. The van der Waals surface area contributed by atoms with Gasteiger partial charge in [0.1, 0.15) is 11.6 Å². The molecule has 0 radical (unpaired) electrons. The molecule has 1 atom stereocenters. The number of aryl methyl sites for hydroxylation is 1. The predicted octanol–water partition coefficient (Wildman–Crippen LogP) is 2.99. The Bertz CT molecular complexity index is 562. The summed E-state index contributed by atoms with van der Waals surface area (Å²) in [6, 6.07) is 9.02. The van der Waals surface area contributed by atoms with E-state index in [2.05, 4.69) is 17.3 Å². The number of nitrogens with zero attached hydrogens (tertiary/aromatic N) is 2. The van der Waals surface area contributed by atoms with Gasteiger partial charge in [0.05, 0.1) is 11.7 Å².